The minimum absolute atomic E-state index is 0.0659. The van der Waals surface area contributed by atoms with Crippen LogP contribution in [0.2, 0.25) is 0 Å². The van der Waals surface area contributed by atoms with E-state index in [1.165, 1.54) is 11.3 Å². The fourth-order valence-electron chi connectivity index (χ4n) is 8.40. The van der Waals surface area contributed by atoms with Crippen LogP contribution in [0.5, 0.6) is 0 Å². The van der Waals surface area contributed by atoms with Gasteiger partial charge in [-0.2, -0.15) is 0 Å². The first-order chi connectivity index (χ1) is 36.0. The van der Waals surface area contributed by atoms with E-state index in [0.717, 1.165) is 79.4 Å². The summed E-state index contributed by atoms with van der Waals surface area (Å²) in [6.07, 6.45) is 3.37. The highest BCUT2D eigenvalue weighted by Gasteiger charge is 2.23. The molecule has 0 saturated carbocycles. The molecule has 11 heteroatoms. The summed E-state index contributed by atoms with van der Waals surface area (Å²) in [5.41, 5.74) is 8.02. The molecule has 1 amide bonds. The number of thiophene rings is 4. The van der Waals surface area contributed by atoms with Gasteiger partial charge in [-0.15, -0.1) is 45.3 Å². The Hall–Kier alpha value is -8.06. The minimum atomic E-state index is -0.718. The Morgan fingerprint density at radius 2 is 0.851 bits per heavy atom. The van der Waals surface area contributed by atoms with E-state index in [0.29, 0.717) is 4.88 Å². The van der Waals surface area contributed by atoms with Crippen LogP contribution >= 0.6 is 45.3 Å². The number of carbonyl (C=O) groups excluding carboxylic acids is 2. The van der Waals surface area contributed by atoms with E-state index in [9.17, 15) is 14.7 Å². The summed E-state index contributed by atoms with van der Waals surface area (Å²) in [7, 11) is 0. The lowest BCUT2D eigenvalue weighted by Crippen LogP contribution is -2.35. The Kier molecular flexibility index (Phi) is 15.0. The van der Waals surface area contributed by atoms with Crippen LogP contribution in [0.3, 0.4) is 0 Å². The quantitative estimate of drug-likeness (QED) is 0.0434. The first-order valence-electron chi connectivity index (χ1n) is 24.1. The highest BCUT2D eigenvalue weighted by molar-refractivity contribution is 7.25. The third-order valence-electron chi connectivity index (χ3n) is 11.8. The molecular weight excluding hydrogens is 991 g/mol. The summed E-state index contributed by atoms with van der Waals surface area (Å²) in [5.74, 6) is -1.38. The van der Waals surface area contributed by atoms with Gasteiger partial charge in [0.15, 0.2) is 0 Å². The van der Waals surface area contributed by atoms with Gasteiger partial charge in [0, 0.05) is 73.1 Å². The van der Waals surface area contributed by atoms with Crippen LogP contribution in [0.15, 0.2) is 230 Å². The van der Waals surface area contributed by atoms with Crippen molar-refractivity contribution in [1.82, 2.24) is 5.32 Å². The van der Waals surface area contributed by atoms with Crippen molar-refractivity contribution in [2.24, 2.45) is 0 Å². The molecule has 7 nitrogen and oxygen atoms in total. The molecule has 0 aliphatic heterocycles. The van der Waals surface area contributed by atoms with Crippen molar-refractivity contribution in [2.45, 2.75) is 26.4 Å². The minimum Gasteiger partial charge on any atom is -0.507 e. The maximum absolute atomic E-state index is 14.0. The molecule has 6 aromatic carbocycles. The lowest BCUT2D eigenvalue weighted by atomic mass is 10.1. The molecule has 0 bridgehead atoms. The maximum Gasteiger partial charge on any atom is 0.325 e. The molecule has 0 saturated heterocycles. The first kappa shape index (κ1) is 49.5. The number of para-hydroxylation sites is 4. The summed E-state index contributed by atoms with van der Waals surface area (Å²) >= 11 is 6.39. The largest absolute Gasteiger partial charge is 0.507 e. The lowest BCUT2D eigenvalue weighted by Gasteiger charge is -2.25. The number of hydrogen-bond donors (Lipinski definition) is 2. The van der Waals surface area contributed by atoms with E-state index in [1.807, 2.05) is 72.8 Å². The van der Waals surface area contributed by atoms with Crippen molar-refractivity contribution in [2.75, 3.05) is 16.3 Å². The smallest absolute Gasteiger partial charge is 0.325 e. The Balaban J connectivity index is 0.868. The number of amides is 1. The standard InChI is InChI=1S/C63H51N3O4S4/c1-63(2,3)70-60(68)42-64-62(69)61(59-41-40-58(74-59)57-39-37-54(73-57)44-26-30-50(31-27-44)66(47-20-12-6-13-21-47)48-22-14-7-15-23-48)52(67)34-32-51-33-35-55(71-51)56-38-36-53(72-56)43-24-28-49(29-25-43)65(45-16-8-4-9-17-45)46-18-10-5-11-19-46/h4-41,67H,42H2,1-3H3,(H,64,69)/b34-32+,61-52-. The Morgan fingerprint density at radius 1 is 0.473 bits per heavy atom. The number of carbonyl (C=O) groups is 2. The van der Waals surface area contributed by atoms with Crippen LogP contribution in [0.4, 0.5) is 34.1 Å². The second-order valence-corrected chi connectivity index (χ2v) is 22.5. The first-order valence-corrected chi connectivity index (χ1v) is 27.3. The second kappa shape index (κ2) is 22.4. The van der Waals surface area contributed by atoms with Crippen LogP contribution in [0.25, 0.3) is 52.0 Å². The van der Waals surface area contributed by atoms with Gasteiger partial charge < -0.3 is 25.0 Å². The zero-order valence-corrected chi connectivity index (χ0v) is 44.1. The molecule has 10 aromatic rings. The summed E-state index contributed by atoms with van der Waals surface area (Å²) in [5, 5.41) is 14.4. The van der Waals surface area contributed by atoms with Crippen molar-refractivity contribution in [1.29, 1.82) is 0 Å². The number of aliphatic hydroxyl groups is 1. The third-order valence-corrected chi connectivity index (χ3v) is 16.6. The predicted molar refractivity (Wildman–Crippen MR) is 313 cm³/mol. The summed E-state index contributed by atoms with van der Waals surface area (Å²) in [4.78, 5) is 39.1. The molecule has 0 fully saturated rings. The van der Waals surface area contributed by atoms with Gasteiger partial charge in [0.1, 0.15) is 17.9 Å². The van der Waals surface area contributed by atoms with Gasteiger partial charge in [-0.05, 0) is 165 Å². The van der Waals surface area contributed by atoms with E-state index >= 15 is 0 Å². The zero-order valence-electron chi connectivity index (χ0n) is 40.8. The normalized spacial score (nSPS) is 11.8. The molecule has 4 aromatic heterocycles. The molecule has 0 aliphatic carbocycles. The van der Waals surface area contributed by atoms with Gasteiger partial charge >= 0.3 is 5.97 Å². The highest BCUT2D eigenvalue weighted by atomic mass is 32.1. The molecule has 10 rings (SSSR count). The molecular formula is C63H51N3O4S4. The topological polar surface area (TPSA) is 82.1 Å². The van der Waals surface area contributed by atoms with E-state index in [4.69, 9.17) is 4.74 Å². The predicted octanol–water partition coefficient (Wildman–Crippen LogP) is 18.0. The maximum atomic E-state index is 14.0. The molecule has 0 aliphatic rings. The summed E-state index contributed by atoms with van der Waals surface area (Å²) < 4.78 is 5.46. The number of rotatable bonds is 16. The SMILES string of the molecule is CC(C)(C)OC(=O)CNC(=O)/C(=C(O)/C=C/c1ccc(-c2ccc(-c3ccc(N(c4ccccc4)c4ccccc4)cc3)s2)s1)c1ccc(-c2ccc(-c3ccc(N(c4ccccc4)c4ccccc4)cc3)s2)s1. The number of esters is 1. The van der Waals surface area contributed by atoms with Crippen LogP contribution < -0.4 is 15.1 Å². The van der Waals surface area contributed by atoms with Gasteiger partial charge in [0.25, 0.3) is 5.91 Å². The molecule has 0 spiro atoms. The van der Waals surface area contributed by atoms with Crippen LogP contribution in [-0.2, 0) is 14.3 Å². The van der Waals surface area contributed by atoms with Crippen molar-refractivity contribution in [3.8, 4) is 40.4 Å². The number of ether oxygens (including phenoxy) is 1. The molecule has 366 valence electrons. The van der Waals surface area contributed by atoms with E-state index in [-0.39, 0.29) is 17.9 Å². The monoisotopic (exact) mass is 1040 g/mol. The van der Waals surface area contributed by atoms with Crippen LogP contribution in [0, 0.1) is 0 Å². The Bertz CT molecular complexity index is 3470. The van der Waals surface area contributed by atoms with E-state index < -0.39 is 17.5 Å². The molecule has 0 unspecified atom stereocenters. The van der Waals surface area contributed by atoms with Gasteiger partial charge in [0.05, 0.1) is 5.57 Å². The highest BCUT2D eigenvalue weighted by Crippen LogP contribution is 2.43. The van der Waals surface area contributed by atoms with Crippen molar-refractivity contribution in [3.63, 3.8) is 0 Å². The average molecular weight is 1040 g/mol. The molecule has 0 radical (unpaired) electrons. The molecule has 0 atom stereocenters. The second-order valence-electron chi connectivity index (χ2n) is 18.2. The third kappa shape index (κ3) is 11.7. The number of nitrogens with zero attached hydrogens (tertiary/aromatic N) is 2. The Labute approximate surface area is 447 Å². The summed E-state index contributed by atoms with van der Waals surface area (Å²) in [6, 6.07) is 75.1. The molecule has 74 heavy (non-hydrogen) atoms. The van der Waals surface area contributed by atoms with Crippen molar-refractivity contribution >= 4 is 103 Å². The van der Waals surface area contributed by atoms with E-state index in [2.05, 4.69) is 167 Å². The lowest BCUT2D eigenvalue weighted by molar-refractivity contribution is -0.154. The number of allylic oxidation sites excluding steroid dienone is 1. The average Bonchev–Trinajstić information content (AvgIpc) is 4.28. The zero-order chi connectivity index (χ0) is 51.0. The number of nitrogens with one attached hydrogen (secondary N) is 1. The van der Waals surface area contributed by atoms with Gasteiger partial charge in [-0.3, -0.25) is 9.59 Å². The van der Waals surface area contributed by atoms with Crippen molar-refractivity contribution in [3.05, 3.63) is 240 Å². The Morgan fingerprint density at radius 3 is 1.30 bits per heavy atom. The summed E-state index contributed by atoms with van der Waals surface area (Å²) in [6.45, 7) is 4.97. The van der Waals surface area contributed by atoms with Crippen molar-refractivity contribution < 1.29 is 19.4 Å². The van der Waals surface area contributed by atoms with Crippen LogP contribution in [-0.4, -0.2) is 29.1 Å². The fraction of sp³-hybridized carbons (Fsp3) is 0.0794. The van der Waals surface area contributed by atoms with E-state index in [1.54, 1.807) is 60.9 Å². The number of aliphatic hydroxyl groups excluding tert-OH is 1. The number of benzene rings is 6. The fourth-order valence-corrected chi connectivity index (χ4v) is 12.6. The van der Waals surface area contributed by atoms with Gasteiger partial charge in [-0.1, -0.05) is 97.1 Å². The molecule has 2 N–H and O–H groups in total. The molecule has 4 heterocycles. The number of hydrogen-bond acceptors (Lipinski definition) is 10. The number of anilines is 6. The van der Waals surface area contributed by atoms with Gasteiger partial charge in [-0.25, -0.2) is 0 Å². The van der Waals surface area contributed by atoms with Gasteiger partial charge in [0.2, 0.25) is 0 Å². The van der Waals surface area contributed by atoms with Crippen LogP contribution in [0.1, 0.15) is 30.5 Å².